The normalized spacial score (nSPS) is 15.6. The van der Waals surface area contributed by atoms with Crippen molar-refractivity contribution in [3.63, 3.8) is 0 Å². The van der Waals surface area contributed by atoms with Crippen LogP contribution in [0, 0.1) is 13.8 Å². The van der Waals surface area contributed by atoms with Crippen LogP contribution in [0.1, 0.15) is 80.6 Å². The van der Waals surface area contributed by atoms with Crippen molar-refractivity contribution in [1.29, 1.82) is 0 Å². The van der Waals surface area contributed by atoms with Gasteiger partial charge in [-0.1, -0.05) is 6.07 Å². The topological polar surface area (TPSA) is 143 Å². The molecule has 0 saturated carbocycles. The van der Waals surface area contributed by atoms with Crippen molar-refractivity contribution in [3.8, 4) is 0 Å². The van der Waals surface area contributed by atoms with Crippen molar-refractivity contribution >= 4 is 29.5 Å². The van der Waals surface area contributed by atoms with Crippen molar-refractivity contribution in [2.24, 2.45) is 0 Å². The Bertz CT molecular complexity index is 1520. The Kier molecular flexibility index (Phi) is 11.1. The van der Waals surface area contributed by atoms with Gasteiger partial charge in [-0.3, -0.25) is 4.98 Å². The largest absolute Gasteiger partial charge is 0.458 e. The van der Waals surface area contributed by atoms with E-state index in [0.29, 0.717) is 24.0 Å². The van der Waals surface area contributed by atoms with E-state index in [1.54, 1.807) is 33.2 Å². The number of hydrogen-bond donors (Lipinski definition) is 3. The van der Waals surface area contributed by atoms with Crippen LogP contribution in [-0.4, -0.2) is 76.4 Å². The van der Waals surface area contributed by atoms with Crippen LogP contribution in [0.2, 0.25) is 0 Å². The first kappa shape index (κ1) is 33.9. The zero-order valence-electron chi connectivity index (χ0n) is 28.3. The van der Waals surface area contributed by atoms with Crippen molar-refractivity contribution in [2.45, 2.75) is 90.7 Å². The predicted octanol–water partition coefficient (Wildman–Crippen LogP) is 5.11. The number of carbonyl (C=O) groups is 2. The number of aryl methyl sites for hydroxylation is 3. The van der Waals surface area contributed by atoms with Gasteiger partial charge < -0.3 is 30.3 Å². The minimum Gasteiger partial charge on any atom is -0.458 e. The van der Waals surface area contributed by atoms with E-state index in [0.717, 1.165) is 80.2 Å². The lowest BCUT2D eigenvalue weighted by Gasteiger charge is -2.34. The van der Waals surface area contributed by atoms with Gasteiger partial charge in [0.1, 0.15) is 34.9 Å². The van der Waals surface area contributed by atoms with Crippen molar-refractivity contribution in [2.75, 3.05) is 48.3 Å². The summed E-state index contributed by atoms with van der Waals surface area (Å²) in [4.78, 5) is 46.6. The maximum absolute atomic E-state index is 13.1. The Morgan fingerprint density at radius 3 is 2.57 bits per heavy atom. The molecule has 1 amide bonds. The standard InChI is InChI=1S/C35H48N8O4/c1-23-30(38-22-29(33(44)47-35(3,4)5)42-34(45)46-21-7-8-25-12-17-36-18-13-25)39-24(2)40-32(23)43-19-14-26(15-20-43)28-11-10-27-9-6-16-37-31(27)41-28/h10-13,17-18,26,29H,6-9,14-16,19-22H2,1-5H3,(H,37,41)(H,42,45)(H,38,39,40)/t29-/m0/s1. The molecule has 3 aromatic rings. The van der Waals surface area contributed by atoms with Crippen LogP contribution < -0.4 is 20.9 Å². The fourth-order valence-electron chi connectivity index (χ4n) is 5.99. The number of pyridine rings is 2. The molecule has 12 heteroatoms. The summed E-state index contributed by atoms with van der Waals surface area (Å²) in [6.07, 6.45) is 8.39. The zero-order valence-corrected chi connectivity index (χ0v) is 28.3. The summed E-state index contributed by atoms with van der Waals surface area (Å²) >= 11 is 0. The highest BCUT2D eigenvalue weighted by Crippen LogP contribution is 2.33. The lowest BCUT2D eigenvalue weighted by Crippen LogP contribution is -2.48. The molecule has 2 aliphatic heterocycles. The van der Waals surface area contributed by atoms with Crippen molar-refractivity contribution in [3.05, 3.63) is 64.9 Å². The maximum atomic E-state index is 13.1. The Morgan fingerprint density at radius 1 is 1.06 bits per heavy atom. The number of rotatable bonds is 11. The van der Waals surface area contributed by atoms with Crippen LogP contribution in [0.3, 0.4) is 0 Å². The third-order valence-electron chi connectivity index (χ3n) is 8.41. The van der Waals surface area contributed by atoms with Gasteiger partial charge in [0.2, 0.25) is 0 Å². The molecule has 0 aliphatic carbocycles. The highest BCUT2D eigenvalue weighted by molar-refractivity contribution is 5.82. The fraction of sp³-hybridized carbons (Fsp3) is 0.543. The molecule has 5 heterocycles. The van der Waals surface area contributed by atoms with Gasteiger partial charge in [-0.25, -0.2) is 24.5 Å². The lowest BCUT2D eigenvalue weighted by molar-refractivity contribution is -0.156. The van der Waals surface area contributed by atoms with Gasteiger partial charge in [-0.2, -0.15) is 0 Å². The number of aromatic nitrogens is 4. The van der Waals surface area contributed by atoms with Gasteiger partial charge in [0.15, 0.2) is 0 Å². The fourth-order valence-corrected chi connectivity index (χ4v) is 5.99. The second kappa shape index (κ2) is 15.4. The van der Waals surface area contributed by atoms with E-state index in [1.807, 2.05) is 26.0 Å². The predicted molar refractivity (Wildman–Crippen MR) is 182 cm³/mol. The molecule has 0 bridgehead atoms. The Morgan fingerprint density at radius 2 is 1.83 bits per heavy atom. The number of nitrogens with one attached hydrogen (secondary N) is 3. The second-order valence-electron chi connectivity index (χ2n) is 13.3. The SMILES string of the molecule is Cc1nc(NC[C@H](NC(=O)OCCCc2ccncc2)C(=O)OC(C)(C)C)c(C)c(N2CCC(c3ccc4c(n3)NCCC4)CC2)n1. The molecule has 3 aromatic heterocycles. The van der Waals surface area contributed by atoms with Gasteiger partial charge in [0.05, 0.1) is 6.61 Å². The van der Waals surface area contributed by atoms with E-state index in [2.05, 4.69) is 43.0 Å². The highest BCUT2D eigenvalue weighted by atomic mass is 16.6. The van der Waals surface area contributed by atoms with Crippen LogP contribution in [0.25, 0.3) is 0 Å². The number of alkyl carbamates (subject to hydrolysis) is 1. The molecular weight excluding hydrogens is 596 g/mol. The quantitative estimate of drug-likeness (QED) is 0.189. The first-order valence-corrected chi connectivity index (χ1v) is 16.7. The molecule has 1 fully saturated rings. The van der Waals surface area contributed by atoms with Crippen molar-refractivity contribution in [1.82, 2.24) is 25.3 Å². The molecule has 1 saturated heterocycles. The van der Waals surface area contributed by atoms with Crippen LogP contribution in [0.4, 0.5) is 22.2 Å². The number of anilines is 3. The Hall–Kier alpha value is -4.48. The first-order chi connectivity index (χ1) is 22.6. The second-order valence-corrected chi connectivity index (χ2v) is 13.3. The molecule has 1 atom stereocenters. The highest BCUT2D eigenvalue weighted by Gasteiger charge is 2.29. The summed E-state index contributed by atoms with van der Waals surface area (Å²) in [5.41, 5.74) is 3.73. The van der Waals surface area contributed by atoms with E-state index in [9.17, 15) is 9.59 Å². The smallest absolute Gasteiger partial charge is 0.407 e. The molecule has 252 valence electrons. The number of esters is 1. The minimum atomic E-state index is -0.991. The number of nitrogens with zero attached hydrogens (tertiary/aromatic N) is 5. The van der Waals surface area contributed by atoms with Crippen LogP contribution >= 0.6 is 0 Å². The Balaban J connectivity index is 1.19. The summed E-state index contributed by atoms with van der Waals surface area (Å²) < 4.78 is 11.0. The molecule has 47 heavy (non-hydrogen) atoms. The number of hydrogen-bond acceptors (Lipinski definition) is 11. The minimum absolute atomic E-state index is 0.0673. The zero-order chi connectivity index (χ0) is 33.4. The number of fused-ring (bicyclic) bond motifs is 1. The summed E-state index contributed by atoms with van der Waals surface area (Å²) in [6, 6.07) is 7.30. The Labute approximate surface area is 277 Å². The van der Waals surface area contributed by atoms with Gasteiger partial charge >= 0.3 is 12.1 Å². The monoisotopic (exact) mass is 644 g/mol. The van der Waals surface area contributed by atoms with E-state index >= 15 is 0 Å². The molecule has 12 nitrogen and oxygen atoms in total. The van der Waals surface area contributed by atoms with Gasteiger partial charge in [0, 0.05) is 55.7 Å². The molecule has 0 aromatic carbocycles. The summed E-state index contributed by atoms with van der Waals surface area (Å²) in [7, 11) is 0. The molecule has 0 spiro atoms. The number of carbonyl (C=O) groups excluding carboxylic acids is 2. The number of ether oxygens (including phenoxy) is 2. The summed E-state index contributed by atoms with van der Waals surface area (Å²) in [6.45, 7) is 12.2. The molecule has 5 rings (SSSR count). The van der Waals surface area contributed by atoms with Crippen LogP contribution in [0.5, 0.6) is 0 Å². The molecular formula is C35H48N8O4. The van der Waals surface area contributed by atoms with Gasteiger partial charge in [0.25, 0.3) is 0 Å². The van der Waals surface area contributed by atoms with E-state index in [1.165, 1.54) is 5.56 Å². The summed E-state index contributed by atoms with van der Waals surface area (Å²) in [5, 5.41) is 9.43. The average Bonchev–Trinajstić information content (AvgIpc) is 3.05. The lowest BCUT2D eigenvalue weighted by atomic mass is 9.92. The van der Waals surface area contributed by atoms with Gasteiger partial charge in [-0.05, 0) is 102 Å². The van der Waals surface area contributed by atoms with Crippen LogP contribution in [-0.2, 0) is 27.1 Å². The van der Waals surface area contributed by atoms with E-state index < -0.39 is 23.7 Å². The number of piperidine rings is 1. The van der Waals surface area contributed by atoms with Gasteiger partial charge in [-0.15, -0.1) is 0 Å². The third-order valence-corrected chi connectivity index (χ3v) is 8.41. The molecule has 0 unspecified atom stereocenters. The van der Waals surface area contributed by atoms with E-state index in [-0.39, 0.29) is 13.2 Å². The summed E-state index contributed by atoms with van der Waals surface area (Å²) in [5.74, 6) is 2.98. The van der Waals surface area contributed by atoms with Crippen molar-refractivity contribution < 1.29 is 19.1 Å². The maximum Gasteiger partial charge on any atom is 0.407 e. The first-order valence-electron chi connectivity index (χ1n) is 16.7. The third kappa shape index (κ3) is 9.52. The molecule has 3 N–H and O–H groups in total. The number of amides is 1. The van der Waals surface area contributed by atoms with E-state index in [4.69, 9.17) is 19.4 Å². The molecule has 0 radical (unpaired) electrons. The molecule has 2 aliphatic rings. The van der Waals surface area contributed by atoms with Crippen LogP contribution in [0.15, 0.2) is 36.7 Å². The average molecular weight is 645 g/mol.